The summed E-state index contributed by atoms with van der Waals surface area (Å²) in [5, 5.41) is 17.7. The second kappa shape index (κ2) is 4.33. The van der Waals surface area contributed by atoms with Gasteiger partial charge in [-0.15, -0.1) is 0 Å². The zero-order valence-electron chi connectivity index (χ0n) is 6.84. The normalized spacial score (nSPS) is 10.2. The first-order chi connectivity index (χ1) is 6.56. The largest absolute Gasteiger partial charge is 0.505 e. The van der Waals surface area contributed by atoms with Gasteiger partial charge in [-0.1, -0.05) is 0 Å². The highest BCUT2D eigenvalue weighted by molar-refractivity contribution is 9.10. The van der Waals surface area contributed by atoms with E-state index in [1.165, 1.54) is 6.07 Å². The fraction of sp³-hybridized carbons (Fsp3) is 0.250. The van der Waals surface area contributed by atoms with Gasteiger partial charge in [0.25, 0.3) is 6.43 Å². The Morgan fingerprint density at radius 1 is 1.64 bits per heavy atom. The molecule has 3 nitrogen and oxygen atoms in total. The molecule has 0 aliphatic carbocycles. The van der Waals surface area contributed by atoms with Gasteiger partial charge in [0, 0.05) is 5.56 Å². The van der Waals surface area contributed by atoms with E-state index in [2.05, 4.69) is 20.9 Å². The van der Waals surface area contributed by atoms with Crippen molar-refractivity contribution in [2.75, 3.05) is 0 Å². The molecule has 1 aromatic heterocycles. The van der Waals surface area contributed by atoms with E-state index >= 15 is 0 Å². The molecule has 0 aromatic carbocycles. The highest BCUT2D eigenvalue weighted by Gasteiger charge is 2.18. The quantitative estimate of drug-likeness (QED) is 0.834. The van der Waals surface area contributed by atoms with Crippen molar-refractivity contribution in [1.29, 1.82) is 5.26 Å². The minimum absolute atomic E-state index is 0.132. The first kappa shape index (κ1) is 10.9. The van der Waals surface area contributed by atoms with Crippen LogP contribution >= 0.6 is 15.9 Å². The summed E-state index contributed by atoms with van der Waals surface area (Å²) in [6, 6.07) is 3.10. The maximum absolute atomic E-state index is 12.3. The maximum Gasteiger partial charge on any atom is 0.284 e. The SMILES string of the molecule is N#CCc1cc(Br)nc(C(F)F)c1O. The van der Waals surface area contributed by atoms with Gasteiger partial charge < -0.3 is 5.11 Å². The molecule has 0 saturated heterocycles. The summed E-state index contributed by atoms with van der Waals surface area (Å²) < 4.78 is 24.8. The van der Waals surface area contributed by atoms with E-state index in [-0.39, 0.29) is 16.6 Å². The van der Waals surface area contributed by atoms with Crippen LogP contribution in [0.15, 0.2) is 10.7 Å². The molecule has 0 atom stereocenters. The lowest BCUT2D eigenvalue weighted by Crippen LogP contribution is -1.96. The Morgan fingerprint density at radius 3 is 2.79 bits per heavy atom. The number of rotatable bonds is 2. The van der Waals surface area contributed by atoms with E-state index in [4.69, 9.17) is 5.26 Å². The summed E-state index contributed by atoms with van der Waals surface area (Å²) in [7, 11) is 0. The number of nitrogens with zero attached hydrogens (tertiary/aromatic N) is 2. The van der Waals surface area contributed by atoms with E-state index in [1.54, 1.807) is 6.07 Å². The van der Waals surface area contributed by atoms with E-state index in [0.29, 0.717) is 0 Å². The van der Waals surface area contributed by atoms with Crippen molar-refractivity contribution in [2.24, 2.45) is 0 Å². The van der Waals surface area contributed by atoms with Crippen molar-refractivity contribution in [3.05, 3.63) is 21.9 Å². The average Bonchev–Trinajstić information content (AvgIpc) is 2.10. The highest BCUT2D eigenvalue weighted by Crippen LogP contribution is 2.31. The molecule has 6 heteroatoms. The Morgan fingerprint density at radius 2 is 2.29 bits per heavy atom. The number of halogens is 3. The number of pyridine rings is 1. The standard InChI is InChI=1S/C8H5BrF2N2O/c9-5-3-4(1-2-12)7(14)6(13-5)8(10)11/h3,8,14H,1H2. The van der Waals surface area contributed by atoms with Gasteiger partial charge in [-0.2, -0.15) is 5.26 Å². The van der Waals surface area contributed by atoms with Gasteiger partial charge in [0.2, 0.25) is 0 Å². The Labute approximate surface area is 87.1 Å². The summed E-state index contributed by atoms with van der Waals surface area (Å²) in [6.45, 7) is 0. The van der Waals surface area contributed by atoms with Crippen LogP contribution in [0.1, 0.15) is 17.7 Å². The molecule has 0 aliphatic rings. The number of alkyl halides is 2. The Bertz CT molecular complexity index is 390. The topological polar surface area (TPSA) is 56.9 Å². The third kappa shape index (κ3) is 2.17. The van der Waals surface area contributed by atoms with Crippen molar-refractivity contribution < 1.29 is 13.9 Å². The summed E-state index contributed by atoms with van der Waals surface area (Å²) >= 11 is 2.92. The second-order valence-corrected chi connectivity index (χ2v) is 3.29. The van der Waals surface area contributed by atoms with E-state index < -0.39 is 17.9 Å². The molecule has 0 amide bonds. The van der Waals surface area contributed by atoms with Crippen LogP contribution in [0.2, 0.25) is 0 Å². The third-order valence-electron chi connectivity index (χ3n) is 1.54. The van der Waals surface area contributed by atoms with Gasteiger partial charge in [0.1, 0.15) is 16.0 Å². The van der Waals surface area contributed by atoms with Crippen molar-refractivity contribution in [2.45, 2.75) is 12.8 Å². The van der Waals surface area contributed by atoms with Gasteiger partial charge in [-0.3, -0.25) is 0 Å². The number of nitriles is 1. The van der Waals surface area contributed by atoms with Crippen molar-refractivity contribution in [1.82, 2.24) is 4.98 Å². The molecule has 1 rings (SSSR count). The number of aromatic hydroxyl groups is 1. The van der Waals surface area contributed by atoms with Crippen molar-refractivity contribution in [3.63, 3.8) is 0 Å². The first-order valence-corrected chi connectivity index (χ1v) is 4.39. The predicted octanol–water partition coefficient (Wildman–Crippen LogP) is 2.55. The van der Waals surface area contributed by atoms with Gasteiger partial charge in [0.15, 0.2) is 0 Å². The first-order valence-electron chi connectivity index (χ1n) is 3.59. The second-order valence-electron chi connectivity index (χ2n) is 2.47. The fourth-order valence-corrected chi connectivity index (χ4v) is 1.42. The summed E-state index contributed by atoms with van der Waals surface area (Å²) in [5.74, 6) is -0.607. The summed E-state index contributed by atoms with van der Waals surface area (Å²) in [6.07, 6.45) is -2.99. The Kier molecular flexibility index (Phi) is 3.36. The van der Waals surface area contributed by atoms with Crippen LogP contribution in [-0.4, -0.2) is 10.1 Å². The van der Waals surface area contributed by atoms with Crippen LogP contribution in [0.5, 0.6) is 5.75 Å². The van der Waals surface area contributed by atoms with E-state index in [0.717, 1.165) is 0 Å². The molecule has 0 spiro atoms. The summed E-state index contributed by atoms with van der Waals surface area (Å²) in [5.41, 5.74) is -0.561. The van der Waals surface area contributed by atoms with Crippen molar-refractivity contribution in [3.8, 4) is 11.8 Å². The van der Waals surface area contributed by atoms with Gasteiger partial charge in [-0.05, 0) is 22.0 Å². The molecule has 14 heavy (non-hydrogen) atoms. The molecular weight excluding hydrogens is 258 g/mol. The number of hydrogen-bond donors (Lipinski definition) is 1. The molecule has 1 N–H and O–H groups in total. The van der Waals surface area contributed by atoms with Gasteiger partial charge >= 0.3 is 0 Å². The minimum atomic E-state index is -2.86. The van der Waals surface area contributed by atoms with Crippen molar-refractivity contribution >= 4 is 15.9 Å². The molecule has 1 heterocycles. The zero-order chi connectivity index (χ0) is 10.7. The molecule has 0 radical (unpaired) electrons. The number of aromatic nitrogens is 1. The lowest BCUT2D eigenvalue weighted by atomic mass is 10.1. The molecular formula is C8H5BrF2N2O. The van der Waals surface area contributed by atoms with Crippen LogP contribution in [0.25, 0.3) is 0 Å². The van der Waals surface area contributed by atoms with Crippen LogP contribution in [-0.2, 0) is 6.42 Å². The molecule has 0 bridgehead atoms. The third-order valence-corrected chi connectivity index (χ3v) is 1.95. The summed E-state index contributed by atoms with van der Waals surface area (Å²) in [4.78, 5) is 3.42. The van der Waals surface area contributed by atoms with Crippen LogP contribution < -0.4 is 0 Å². The Hall–Kier alpha value is -1.22. The highest BCUT2D eigenvalue weighted by atomic mass is 79.9. The molecule has 0 unspecified atom stereocenters. The Balaban J connectivity index is 3.26. The lowest BCUT2D eigenvalue weighted by molar-refractivity contribution is 0.141. The molecule has 1 aromatic rings. The van der Waals surface area contributed by atoms with Crippen LogP contribution in [0.4, 0.5) is 8.78 Å². The molecule has 0 fully saturated rings. The monoisotopic (exact) mass is 262 g/mol. The molecule has 74 valence electrons. The van der Waals surface area contributed by atoms with Crippen LogP contribution in [0, 0.1) is 11.3 Å². The molecule has 0 aliphatic heterocycles. The van der Waals surface area contributed by atoms with E-state index in [1.807, 2.05) is 0 Å². The molecule has 0 saturated carbocycles. The average molecular weight is 263 g/mol. The van der Waals surface area contributed by atoms with Gasteiger partial charge in [-0.25, -0.2) is 13.8 Å². The maximum atomic E-state index is 12.3. The fourth-order valence-electron chi connectivity index (χ4n) is 0.949. The lowest BCUT2D eigenvalue weighted by Gasteiger charge is -2.06. The zero-order valence-corrected chi connectivity index (χ0v) is 8.42. The smallest absolute Gasteiger partial charge is 0.284 e. The van der Waals surface area contributed by atoms with Crippen LogP contribution in [0.3, 0.4) is 0 Å². The van der Waals surface area contributed by atoms with E-state index in [9.17, 15) is 13.9 Å². The number of hydrogen-bond acceptors (Lipinski definition) is 3. The minimum Gasteiger partial charge on any atom is -0.505 e. The van der Waals surface area contributed by atoms with Gasteiger partial charge in [0.05, 0.1) is 12.5 Å². The predicted molar refractivity (Wildman–Crippen MR) is 47.9 cm³/mol.